The van der Waals surface area contributed by atoms with Crippen LogP contribution in [-0.2, 0) is 11.0 Å². The van der Waals surface area contributed by atoms with E-state index in [1.807, 2.05) is 0 Å². The van der Waals surface area contributed by atoms with E-state index in [4.69, 9.17) is 0 Å². The summed E-state index contributed by atoms with van der Waals surface area (Å²) in [5, 5.41) is 0. The van der Waals surface area contributed by atoms with Crippen LogP contribution in [0.5, 0.6) is 0 Å². The Morgan fingerprint density at radius 1 is 0.400 bits per heavy atom. The fourth-order valence-electron chi connectivity index (χ4n) is 0. The molecule has 0 aromatic heterocycles. The van der Waals surface area contributed by atoms with Crippen molar-refractivity contribution in [1.29, 1.82) is 0 Å². The summed E-state index contributed by atoms with van der Waals surface area (Å²) in [6, 6.07) is 0. The molecule has 0 aliphatic carbocycles. The number of hydrogen-bond acceptors (Lipinski definition) is 0. The van der Waals surface area contributed by atoms with Crippen LogP contribution < -0.4 is 0 Å². The van der Waals surface area contributed by atoms with Crippen molar-refractivity contribution in [3.8, 4) is 0 Å². The predicted molar refractivity (Wildman–Crippen MR) is 18.6 cm³/mol. The van der Waals surface area contributed by atoms with E-state index >= 15 is 0 Å². The zero-order chi connectivity index (χ0) is 0. The van der Waals surface area contributed by atoms with Crippen LogP contribution in [-0.4, -0.2) is 52.1 Å². The SMILES string of the molecule is [Al+3].[Al+3].[Al+3].[O-2].[O-2]. The maximum Gasteiger partial charge on any atom is 3.00 e. The summed E-state index contributed by atoms with van der Waals surface area (Å²) in [6.07, 6.45) is 0. The zero-order valence-electron chi connectivity index (χ0n) is 2.55. The second-order valence-electron chi connectivity index (χ2n) is 0. The van der Waals surface area contributed by atoms with Gasteiger partial charge in [-0.2, -0.15) is 0 Å². The molecule has 0 bridgehead atoms. The topological polar surface area (TPSA) is 57.0 Å². The predicted octanol–water partition coefficient (Wildman–Crippen LogP) is -1.38. The van der Waals surface area contributed by atoms with E-state index in [1.54, 1.807) is 0 Å². The van der Waals surface area contributed by atoms with Crippen LogP contribution in [0.25, 0.3) is 0 Å². The van der Waals surface area contributed by atoms with Crippen LogP contribution >= 0.6 is 0 Å². The van der Waals surface area contributed by atoms with Crippen molar-refractivity contribution >= 4 is 52.1 Å². The second-order valence-corrected chi connectivity index (χ2v) is 0. The largest absolute Gasteiger partial charge is 3.00 e. The molecule has 0 saturated heterocycles. The molecule has 0 spiro atoms. The van der Waals surface area contributed by atoms with E-state index in [-0.39, 0.29) is 63.0 Å². The van der Waals surface area contributed by atoms with Gasteiger partial charge in [0.05, 0.1) is 0 Å². The third kappa shape index (κ3) is 29.6. The molecule has 0 heterocycles. The van der Waals surface area contributed by atoms with Crippen molar-refractivity contribution in [3.63, 3.8) is 0 Å². The summed E-state index contributed by atoms with van der Waals surface area (Å²) in [5.74, 6) is 0. The molecule has 5 heteroatoms. The average Bonchev–Trinajstić information content (AvgIpc) is 0. The van der Waals surface area contributed by atoms with Crippen molar-refractivity contribution in [2.24, 2.45) is 0 Å². The van der Waals surface area contributed by atoms with Crippen molar-refractivity contribution in [2.75, 3.05) is 0 Å². The molecule has 0 N–H and O–H groups in total. The zero-order valence-corrected chi connectivity index (χ0v) is 6.01. The van der Waals surface area contributed by atoms with Crippen LogP contribution in [0, 0.1) is 0 Å². The standard InChI is InChI=1S/3Al.2O/q3*+3;2*-2. The molecule has 5 heavy (non-hydrogen) atoms. The van der Waals surface area contributed by atoms with Crippen molar-refractivity contribution in [3.05, 3.63) is 0 Å². The maximum atomic E-state index is 0. The van der Waals surface area contributed by atoms with Crippen molar-refractivity contribution in [2.45, 2.75) is 0 Å². The van der Waals surface area contributed by atoms with Gasteiger partial charge in [-0.1, -0.05) is 0 Å². The number of rotatable bonds is 0. The maximum absolute atomic E-state index is 0. The third-order valence-electron chi connectivity index (χ3n) is 0. The Kier molecular flexibility index (Phi) is 843. The van der Waals surface area contributed by atoms with Crippen LogP contribution in [0.15, 0.2) is 0 Å². The van der Waals surface area contributed by atoms with Gasteiger partial charge >= 0.3 is 52.1 Å². The van der Waals surface area contributed by atoms with Gasteiger partial charge in [-0.05, 0) is 0 Å². The third-order valence-corrected chi connectivity index (χ3v) is 0. The molecule has 0 fully saturated rings. The van der Waals surface area contributed by atoms with E-state index in [1.165, 1.54) is 0 Å². The van der Waals surface area contributed by atoms with E-state index in [9.17, 15) is 0 Å². The second kappa shape index (κ2) is 48.9. The molecule has 2 nitrogen and oxygen atoms in total. The van der Waals surface area contributed by atoms with E-state index in [0.717, 1.165) is 0 Å². The number of hydrogen-bond donors (Lipinski definition) is 0. The molecule has 16 valence electrons. The van der Waals surface area contributed by atoms with Crippen molar-refractivity contribution < 1.29 is 11.0 Å². The summed E-state index contributed by atoms with van der Waals surface area (Å²) < 4.78 is 0. The minimum atomic E-state index is 0. The van der Waals surface area contributed by atoms with Crippen molar-refractivity contribution in [1.82, 2.24) is 0 Å². The minimum Gasteiger partial charge on any atom is -2.00 e. The fraction of sp³-hybridized carbons (Fsp3) is 0. The molecule has 0 unspecified atom stereocenters. The molecule has 0 aliphatic heterocycles. The van der Waals surface area contributed by atoms with Gasteiger partial charge in [0.25, 0.3) is 0 Å². The van der Waals surface area contributed by atoms with Crippen LogP contribution in [0.1, 0.15) is 0 Å². The molecule has 0 amide bonds. The van der Waals surface area contributed by atoms with Gasteiger partial charge in [-0.15, -0.1) is 0 Å². The molecular formula is Al3O2+5. The first-order valence-corrected chi connectivity index (χ1v) is 0. The van der Waals surface area contributed by atoms with E-state index in [0.29, 0.717) is 0 Å². The average molecular weight is 113 g/mol. The Balaban J connectivity index is 0. The van der Waals surface area contributed by atoms with E-state index < -0.39 is 0 Å². The molecule has 0 aromatic carbocycles. The Morgan fingerprint density at radius 3 is 0.400 bits per heavy atom. The summed E-state index contributed by atoms with van der Waals surface area (Å²) in [6.45, 7) is 0. The monoisotopic (exact) mass is 113 g/mol. The van der Waals surface area contributed by atoms with Crippen LogP contribution in [0.2, 0.25) is 0 Å². The van der Waals surface area contributed by atoms with Gasteiger partial charge < -0.3 is 11.0 Å². The summed E-state index contributed by atoms with van der Waals surface area (Å²) in [5.41, 5.74) is 0. The molecular weight excluding hydrogens is 113 g/mol. The van der Waals surface area contributed by atoms with E-state index in [2.05, 4.69) is 0 Å². The summed E-state index contributed by atoms with van der Waals surface area (Å²) in [4.78, 5) is 0. The fourth-order valence-corrected chi connectivity index (χ4v) is 0. The molecule has 0 radical (unpaired) electrons. The van der Waals surface area contributed by atoms with Gasteiger partial charge in [-0.25, -0.2) is 0 Å². The first-order valence-electron chi connectivity index (χ1n) is 0. The molecule has 0 atom stereocenters. The summed E-state index contributed by atoms with van der Waals surface area (Å²) in [7, 11) is 0. The Bertz CT molecular complexity index is 4.85. The minimum absolute atomic E-state index is 0. The van der Waals surface area contributed by atoms with Gasteiger partial charge in [0, 0.05) is 0 Å². The van der Waals surface area contributed by atoms with Gasteiger partial charge in [0.2, 0.25) is 0 Å². The Morgan fingerprint density at radius 2 is 0.400 bits per heavy atom. The Labute approximate surface area is 63.0 Å². The Hall–Kier alpha value is 1.52. The van der Waals surface area contributed by atoms with Crippen LogP contribution in [0.4, 0.5) is 0 Å². The molecule has 0 aliphatic rings. The normalized spacial score (nSPS) is 0. The first-order chi connectivity index (χ1) is 0. The summed E-state index contributed by atoms with van der Waals surface area (Å²) >= 11 is 0. The van der Waals surface area contributed by atoms with Gasteiger partial charge in [0.1, 0.15) is 0 Å². The van der Waals surface area contributed by atoms with Gasteiger partial charge in [-0.3, -0.25) is 0 Å². The smallest absolute Gasteiger partial charge is 2.00 e. The molecule has 0 saturated carbocycles. The molecule has 0 rings (SSSR count). The molecule has 0 aromatic rings. The first kappa shape index (κ1) is 86.2. The van der Waals surface area contributed by atoms with Crippen LogP contribution in [0.3, 0.4) is 0 Å². The quantitative estimate of drug-likeness (QED) is 0.347. The van der Waals surface area contributed by atoms with Gasteiger partial charge in [0.15, 0.2) is 0 Å².